The standard InChI is InChI=1S/C14H15F3N2O3/c1-19-7-8(5-12(19)20)13(21)18-6-9-10(15)3-2-4-11(9)22-14(16)17/h2-4,8,14H,5-7H2,1H3,(H,18,21)/t8-/m1/s1. The quantitative estimate of drug-likeness (QED) is 0.896. The molecule has 1 atom stereocenters. The minimum Gasteiger partial charge on any atom is -0.434 e. The molecule has 1 aromatic carbocycles. The molecule has 5 nitrogen and oxygen atoms in total. The topological polar surface area (TPSA) is 58.6 Å². The highest BCUT2D eigenvalue weighted by atomic mass is 19.3. The summed E-state index contributed by atoms with van der Waals surface area (Å²) in [5, 5.41) is 2.45. The van der Waals surface area contributed by atoms with Crippen molar-refractivity contribution in [3.63, 3.8) is 0 Å². The Balaban J connectivity index is 2.02. The van der Waals surface area contributed by atoms with E-state index in [1.54, 1.807) is 7.05 Å². The van der Waals surface area contributed by atoms with Crippen molar-refractivity contribution in [2.75, 3.05) is 13.6 Å². The lowest BCUT2D eigenvalue weighted by Crippen LogP contribution is -2.32. The number of alkyl halides is 2. The number of nitrogens with one attached hydrogen (secondary N) is 1. The maximum absolute atomic E-state index is 13.7. The molecule has 120 valence electrons. The van der Waals surface area contributed by atoms with E-state index in [9.17, 15) is 22.8 Å². The normalized spacial score (nSPS) is 18.0. The Bertz CT molecular complexity index is 580. The molecule has 1 aliphatic heterocycles. The van der Waals surface area contributed by atoms with Gasteiger partial charge >= 0.3 is 6.61 Å². The minimum atomic E-state index is -3.09. The lowest BCUT2D eigenvalue weighted by atomic mass is 10.1. The van der Waals surface area contributed by atoms with Gasteiger partial charge in [0.1, 0.15) is 11.6 Å². The Morgan fingerprint density at radius 3 is 2.82 bits per heavy atom. The third-order valence-electron chi connectivity index (χ3n) is 3.44. The van der Waals surface area contributed by atoms with Crippen LogP contribution in [0, 0.1) is 11.7 Å². The van der Waals surface area contributed by atoms with Gasteiger partial charge in [-0.05, 0) is 12.1 Å². The number of carbonyl (C=O) groups excluding carboxylic acids is 2. The molecule has 0 bridgehead atoms. The van der Waals surface area contributed by atoms with Gasteiger partial charge in [0.15, 0.2) is 0 Å². The number of rotatable bonds is 5. The summed E-state index contributed by atoms with van der Waals surface area (Å²) < 4.78 is 42.5. The average molecular weight is 316 g/mol. The van der Waals surface area contributed by atoms with E-state index in [0.29, 0.717) is 0 Å². The van der Waals surface area contributed by atoms with Gasteiger partial charge in [-0.2, -0.15) is 8.78 Å². The van der Waals surface area contributed by atoms with Crippen molar-refractivity contribution in [2.24, 2.45) is 5.92 Å². The molecule has 1 heterocycles. The third-order valence-corrected chi connectivity index (χ3v) is 3.44. The fourth-order valence-corrected chi connectivity index (χ4v) is 2.28. The van der Waals surface area contributed by atoms with Crippen molar-refractivity contribution >= 4 is 11.8 Å². The second kappa shape index (κ2) is 6.67. The predicted molar refractivity (Wildman–Crippen MR) is 70.6 cm³/mol. The summed E-state index contributed by atoms with van der Waals surface area (Å²) in [6.07, 6.45) is 0.0833. The molecule has 0 spiro atoms. The van der Waals surface area contributed by atoms with Crippen LogP contribution in [0.3, 0.4) is 0 Å². The SMILES string of the molecule is CN1C[C@H](C(=O)NCc2c(F)cccc2OC(F)F)CC1=O. The van der Waals surface area contributed by atoms with Crippen molar-refractivity contribution in [3.8, 4) is 5.75 Å². The highest BCUT2D eigenvalue weighted by Gasteiger charge is 2.32. The first kappa shape index (κ1) is 16.1. The number of ether oxygens (including phenoxy) is 1. The molecule has 0 aliphatic carbocycles. The average Bonchev–Trinajstić information content (AvgIpc) is 2.77. The summed E-state index contributed by atoms with van der Waals surface area (Å²) in [7, 11) is 1.58. The zero-order valence-corrected chi connectivity index (χ0v) is 11.8. The summed E-state index contributed by atoms with van der Waals surface area (Å²) in [4.78, 5) is 24.8. The third kappa shape index (κ3) is 3.69. The van der Waals surface area contributed by atoms with Gasteiger partial charge in [-0.1, -0.05) is 6.07 Å². The number of halogens is 3. The molecule has 22 heavy (non-hydrogen) atoms. The van der Waals surface area contributed by atoms with Crippen LogP contribution in [0.25, 0.3) is 0 Å². The van der Waals surface area contributed by atoms with E-state index in [2.05, 4.69) is 10.1 Å². The molecule has 1 aliphatic rings. The fourth-order valence-electron chi connectivity index (χ4n) is 2.28. The molecule has 0 saturated carbocycles. The Hall–Kier alpha value is -2.25. The van der Waals surface area contributed by atoms with Crippen LogP contribution in [0.15, 0.2) is 18.2 Å². The van der Waals surface area contributed by atoms with E-state index in [1.807, 2.05) is 0 Å². The summed E-state index contributed by atoms with van der Waals surface area (Å²) in [6.45, 7) is -3.10. The van der Waals surface area contributed by atoms with Gasteiger partial charge in [0.05, 0.1) is 5.92 Å². The van der Waals surface area contributed by atoms with Gasteiger partial charge < -0.3 is 15.0 Å². The van der Waals surface area contributed by atoms with Crippen LogP contribution in [0.5, 0.6) is 5.75 Å². The fraction of sp³-hybridized carbons (Fsp3) is 0.429. The molecular formula is C14H15F3N2O3. The Morgan fingerprint density at radius 1 is 1.50 bits per heavy atom. The van der Waals surface area contributed by atoms with E-state index in [1.165, 1.54) is 17.0 Å². The number of hydrogen-bond acceptors (Lipinski definition) is 3. The molecule has 1 saturated heterocycles. The highest BCUT2D eigenvalue weighted by Crippen LogP contribution is 2.24. The highest BCUT2D eigenvalue weighted by molar-refractivity contribution is 5.89. The number of likely N-dealkylation sites (tertiary alicyclic amines) is 1. The molecule has 8 heteroatoms. The number of hydrogen-bond donors (Lipinski definition) is 1. The van der Waals surface area contributed by atoms with E-state index >= 15 is 0 Å². The Morgan fingerprint density at radius 2 is 2.23 bits per heavy atom. The van der Waals surface area contributed by atoms with Crippen LogP contribution in [0.4, 0.5) is 13.2 Å². The number of carbonyl (C=O) groups is 2. The number of amides is 2. The van der Waals surface area contributed by atoms with Crippen molar-refractivity contribution < 1.29 is 27.5 Å². The molecular weight excluding hydrogens is 301 g/mol. The maximum atomic E-state index is 13.7. The Kier molecular flexibility index (Phi) is 4.89. The second-order valence-electron chi connectivity index (χ2n) is 4.99. The molecule has 2 rings (SSSR count). The lowest BCUT2D eigenvalue weighted by molar-refractivity contribution is -0.128. The van der Waals surface area contributed by atoms with E-state index in [0.717, 1.165) is 6.07 Å². The smallest absolute Gasteiger partial charge is 0.387 e. The van der Waals surface area contributed by atoms with Crippen LogP contribution in [0.1, 0.15) is 12.0 Å². The second-order valence-corrected chi connectivity index (χ2v) is 4.99. The lowest BCUT2D eigenvalue weighted by Gasteiger charge is -2.14. The van der Waals surface area contributed by atoms with Crippen LogP contribution >= 0.6 is 0 Å². The van der Waals surface area contributed by atoms with Crippen LogP contribution in [0.2, 0.25) is 0 Å². The van der Waals surface area contributed by atoms with E-state index in [-0.39, 0.29) is 36.7 Å². The van der Waals surface area contributed by atoms with Crippen molar-refractivity contribution in [2.45, 2.75) is 19.6 Å². The molecule has 0 aromatic heterocycles. The van der Waals surface area contributed by atoms with Crippen molar-refractivity contribution in [1.82, 2.24) is 10.2 Å². The molecule has 0 unspecified atom stereocenters. The van der Waals surface area contributed by atoms with Crippen LogP contribution in [-0.2, 0) is 16.1 Å². The van der Waals surface area contributed by atoms with Gasteiger partial charge in [-0.25, -0.2) is 4.39 Å². The van der Waals surface area contributed by atoms with Crippen LogP contribution in [-0.4, -0.2) is 36.9 Å². The predicted octanol–water partition coefficient (Wildman–Crippen LogP) is 1.52. The zero-order chi connectivity index (χ0) is 16.3. The molecule has 1 fully saturated rings. The summed E-state index contributed by atoms with van der Waals surface area (Å²) in [5.74, 6) is -2.17. The molecule has 1 aromatic rings. The molecule has 1 N–H and O–H groups in total. The number of benzene rings is 1. The molecule has 0 radical (unpaired) electrons. The summed E-state index contributed by atoms with van der Waals surface area (Å²) >= 11 is 0. The van der Waals surface area contributed by atoms with Gasteiger partial charge in [-0.15, -0.1) is 0 Å². The summed E-state index contributed by atoms with van der Waals surface area (Å²) in [5.41, 5.74) is -0.158. The zero-order valence-electron chi connectivity index (χ0n) is 11.8. The van der Waals surface area contributed by atoms with E-state index in [4.69, 9.17) is 0 Å². The van der Waals surface area contributed by atoms with Gasteiger partial charge in [-0.3, -0.25) is 9.59 Å². The van der Waals surface area contributed by atoms with Crippen LogP contribution < -0.4 is 10.1 Å². The van der Waals surface area contributed by atoms with Crippen molar-refractivity contribution in [1.29, 1.82) is 0 Å². The number of nitrogens with zero attached hydrogens (tertiary/aromatic N) is 1. The minimum absolute atomic E-state index is 0.0833. The monoisotopic (exact) mass is 316 g/mol. The van der Waals surface area contributed by atoms with Crippen molar-refractivity contribution in [3.05, 3.63) is 29.6 Å². The largest absolute Gasteiger partial charge is 0.434 e. The van der Waals surface area contributed by atoms with Gasteiger partial charge in [0.25, 0.3) is 0 Å². The summed E-state index contributed by atoms with van der Waals surface area (Å²) in [6, 6.07) is 3.53. The first-order chi connectivity index (χ1) is 10.4. The molecule has 2 amide bonds. The Labute approximate surface area is 125 Å². The van der Waals surface area contributed by atoms with E-state index < -0.39 is 24.3 Å². The van der Waals surface area contributed by atoms with Gasteiger partial charge in [0.2, 0.25) is 11.8 Å². The first-order valence-electron chi connectivity index (χ1n) is 6.62. The van der Waals surface area contributed by atoms with Gasteiger partial charge in [0, 0.05) is 32.1 Å². The first-order valence-corrected chi connectivity index (χ1v) is 6.62. The maximum Gasteiger partial charge on any atom is 0.387 e.